The molecular weight excluding hydrogens is 263 g/mol. The maximum absolute atomic E-state index is 6.38. The third kappa shape index (κ3) is 2.36. The Labute approximate surface area is 117 Å². The summed E-state index contributed by atoms with van der Waals surface area (Å²) in [4.78, 5) is 0. The van der Waals surface area contributed by atoms with Crippen molar-refractivity contribution in [1.29, 1.82) is 0 Å². The van der Waals surface area contributed by atoms with Crippen molar-refractivity contribution in [3.63, 3.8) is 0 Å². The van der Waals surface area contributed by atoms with Crippen LogP contribution in [0.1, 0.15) is 53.4 Å². The molecule has 0 radical (unpaired) electrons. The van der Waals surface area contributed by atoms with E-state index in [0.717, 1.165) is 12.8 Å². The maximum atomic E-state index is 6.38. The predicted octanol–water partition coefficient (Wildman–Crippen LogP) is 3.59. The van der Waals surface area contributed by atoms with Gasteiger partial charge in [0.05, 0.1) is 11.2 Å². The zero-order valence-electron chi connectivity index (χ0n) is 12.6. The van der Waals surface area contributed by atoms with Gasteiger partial charge in [-0.3, -0.25) is 0 Å². The Balaban J connectivity index is 1.93. The molecule has 2 atom stereocenters. The van der Waals surface area contributed by atoms with Crippen LogP contribution in [-0.4, -0.2) is 35.9 Å². The van der Waals surface area contributed by atoms with Crippen LogP contribution < -0.4 is 0 Å². The van der Waals surface area contributed by atoms with Gasteiger partial charge < -0.3 is 18.5 Å². The fourth-order valence-electron chi connectivity index (χ4n) is 3.56. The third-order valence-electron chi connectivity index (χ3n) is 4.42. The van der Waals surface area contributed by atoms with Gasteiger partial charge in [-0.1, -0.05) is 0 Å². The molecular formula is C14H25O4P. The Morgan fingerprint density at radius 2 is 1.26 bits per heavy atom. The van der Waals surface area contributed by atoms with Gasteiger partial charge in [-0.15, -0.1) is 0 Å². The lowest BCUT2D eigenvalue weighted by molar-refractivity contribution is -0.192. The van der Waals surface area contributed by atoms with Gasteiger partial charge in [0.15, 0.2) is 14.2 Å². The quantitative estimate of drug-likeness (QED) is 0.638. The third-order valence-corrected chi connectivity index (χ3v) is 5.88. The van der Waals surface area contributed by atoms with E-state index in [4.69, 9.17) is 18.5 Å². The molecule has 4 nitrogen and oxygen atoms in total. The lowest BCUT2D eigenvalue weighted by atomic mass is 9.88. The normalized spacial score (nSPS) is 43.1. The van der Waals surface area contributed by atoms with E-state index in [9.17, 15) is 0 Å². The van der Waals surface area contributed by atoms with Gasteiger partial charge in [0.1, 0.15) is 12.2 Å². The highest BCUT2D eigenvalue weighted by Crippen LogP contribution is 2.56. The summed E-state index contributed by atoms with van der Waals surface area (Å²) in [5, 5.41) is 0. The summed E-state index contributed by atoms with van der Waals surface area (Å²) in [6, 6.07) is 0. The Bertz CT molecular complexity index is 334. The maximum Gasteiger partial charge on any atom is 0.169 e. The standard InChI is InChI=1S/C14H25O4P/c1-12(2)10-11(13(3,4)18-19(5)17-12)16-14(15-10)8-6-7-9-14/h10-11H,6-9H2,1-5H3. The second-order valence-corrected chi connectivity index (χ2v) is 8.27. The number of ether oxygens (including phenoxy) is 2. The van der Waals surface area contributed by atoms with Crippen LogP contribution in [0.4, 0.5) is 0 Å². The van der Waals surface area contributed by atoms with Crippen LogP contribution in [0.2, 0.25) is 0 Å². The molecule has 3 aliphatic rings. The molecule has 0 aromatic rings. The highest BCUT2D eigenvalue weighted by atomic mass is 31.2. The minimum Gasteiger partial charge on any atom is -0.341 e. The SMILES string of the molecule is CP1OC(C)(C)C2OC3(CCCC3)OC2C(C)(C)O1. The fourth-order valence-corrected chi connectivity index (χ4v) is 5.13. The van der Waals surface area contributed by atoms with Crippen LogP contribution in [0.15, 0.2) is 0 Å². The van der Waals surface area contributed by atoms with Crippen LogP contribution in [0.3, 0.4) is 0 Å². The summed E-state index contributed by atoms with van der Waals surface area (Å²) in [5.41, 5.74) is -0.740. The van der Waals surface area contributed by atoms with Gasteiger partial charge in [0.25, 0.3) is 0 Å². The van der Waals surface area contributed by atoms with Crippen molar-refractivity contribution in [3.05, 3.63) is 0 Å². The van der Waals surface area contributed by atoms with Crippen molar-refractivity contribution < 1.29 is 18.5 Å². The summed E-state index contributed by atoms with van der Waals surface area (Å²) in [6.45, 7) is 10.4. The lowest BCUT2D eigenvalue weighted by Crippen LogP contribution is -2.50. The molecule has 0 bridgehead atoms. The molecule has 2 unspecified atom stereocenters. The summed E-state index contributed by atoms with van der Waals surface area (Å²) in [7, 11) is -0.903. The van der Waals surface area contributed by atoms with E-state index in [1.165, 1.54) is 12.8 Å². The highest BCUT2D eigenvalue weighted by Gasteiger charge is 2.61. The van der Waals surface area contributed by atoms with Crippen molar-refractivity contribution in [1.82, 2.24) is 0 Å². The second-order valence-electron chi connectivity index (χ2n) is 7.02. The smallest absolute Gasteiger partial charge is 0.169 e. The Kier molecular flexibility index (Phi) is 3.28. The van der Waals surface area contributed by atoms with E-state index < -0.39 is 8.38 Å². The van der Waals surface area contributed by atoms with Crippen LogP contribution in [0.5, 0.6) is 0 Å². The van der Waals surface area contributed by atoms with Crippen molar-refractivity contribution in [2.45, 2.75) is 82.6 Å². The van der Waals surface area contributed by atoms with Crippen LogP contribution in [0.25, 0.3) is 0 Å². The average Bonchev–Trinajstić information content (AvgIpc) is 2.84. The van der Waals surface area contributed by atoms with Crippen LogP contribution >= 0.6 is 8.38 Å². The first kappa shape index (κ1) is 14.2. The van der Waals surface area contributed by atoms with Crippen LogP contribution in [-0.2, 0) is 18.5 Å². The van der Waals surface area contributed by atoms with Gasteiger partial charge in [-0.05, 0) is 40.5 Å². The molecule has 2 heterocycles. The van der Waals surface area contributed by atoms with Gasteiger partial charge in [0, 0.05) is 19.5 Å². The summed E-state index contributed by atoms with van der Waals surface area (Å²) in [5.74, 6) is -0.384. The van der Waals surface area contributed by atoms with E-state index in [1.807, 2.05) is 6.66 Å². The summed E-state index contributed by atoms with van der Waals surface area (Å²) in [6.07, 6.45) is 4.23. The second kappa shape index (κ2) is 4.38. The van der Waals surface area contributed by atoms with E-state index in [-0.39, 0.29) is 29.2 Å². The molecule has 5 heteroatoms. The minimum atomic E-state index is -0.903. The Morgan fingerprint density at radius 3 is 1.68 bits per heavy atom. The number of fused-ring (bicyclic) bond motifs is 1. The number of hydrogen-bond donors (Lipinski definition) is 0. The zero-order chi connectivity index (χ0) is 13.9. The highest BCUT2D eigenvalue weighted by molar-refractivity contribution is 7.46. The lowest BCUT2D eigenvalue weighted by Gasteiger charge is -2.33. The van der Waals surface area contributed by atoms with Crippen molar-refractivity contribution in [2.75, 3.05) is 6.66 Å². The monoisotopic (exact) mass is 288 g/mol. The molecule has 0 aromatic carbocycles. The van der Waals surface area contributed by atoms with Gasteiger partial charge >= 0.3 is 0 Å². The molecule has 0 aromatic heterocycles. The molecule has 1 saturated carbocycles. The van der Waals surface area contributed by atoms with E-state index in [1.54, 1.807) is 0 Å². The molecule has 2 aliphatic heterocycles. The van der Waals surface area contributed by atoms with E-state index in [0.29, 0.717) is 0 Å². The zero-order valence-corrected chi connectivity index (χ0v) is 13.5. The first-order valence-electron chi connectivity index (χ1n) is 7.22. The molecule has 3 fully saturated rings. The summed E-state index contributed by atoms with van der Waals surface area (Å²) < 4.78 is 24.9. The Hall–Kier alpha value is 0.270. The van der Waals surface area contributed by atoms with E-state index in [2.05, 4.69) is 27.7 Å². The van der Waals surface area contributed by atoms with Crippen molar-refractivity contribution >= 4 is 8.38 Å². The molecule has 1 aliphatic carbocycles. The summed E-state index contributed by atoms with van der Waals surface area (Å²) >= 11 is 0. The van der Waals surface area contributed by atoms with Crippen LogP contribution in [0, 0.1) is 0 Å². The largest absolute Gasteiger partial charge is 0.341 e. The average molecular weight is 288 g/mol. The number of hydrogen-bond acceptors (Lipinski definition) is 4. The van der Waals surface area contributed by atoms with Gasteiger partial charge in [-0.25, -0.2) is 0 Å². The minimum absolute atomic E-state index is 0.0620. The van der Waals surface area contributed by atoms with Crippen molar-refractivity contribution in [2.24, 2.45) is 0 Å². The molecule has 0 N–H and O–H groups in total. The van der Waals surface area contributed by atoms with Crippen molar-refractivity contribution in [3.8, 4) is 0 Å². The molecule has 19 heavy (non-hydrogen) atoms. The fraction of sp³-hybridized carbons (Fsp3) is 1.00. The van der Waals surface area contributed by atoms with E-state index >= 15 is 0 Å². The topological polar surface area (TPSA) is 36.9 Å². The Morgan fingerprint density at radius 1 is 0.842 bits per heavy atom. The molecule has 2 saturated heterocycles. The number of rotatable bonds is 0. The first-order valence-corrected chi connectivity index (χ1v) is 8.84. The molecule has 0 amide bonds. The first-order chi connectivity index (χ1) is 8.74. The van der Waals surface area contributed by atoms with Gasteiger partial charge in [-0.2, -0.15) is 0 Å². The molecule has 1 spiro atoms. The predicted molar refractivity (Wildman–Crippen MR) is 74.1 cm³/mol. The molecule has 110 valence electrons. The molecule has 3 rings (SSSR count). The van der Waals surface area contributed by atoms with Gasteiger partial charge in [0.2, 0.25) is 0 Å².